The Hall–Kier alpha value is -1.84. The van der Waals surface area contributed by atoms with Gasteiger partial charge in [0.15, 0.2) is 0 Å². The van der Waals surface area contributed by atoms with Crippen LogP contribution >= 0.6 is 0 Å². The van der Waals surface area contributed by atoms with E-state index in [9.17, 15) is 9.59 Å². The third-order valence-corrected chi connectivity index (χ3v) is 4.57. The molecule has 1 fully saturated rings. The first-order chi connectivity index (χ1) is 10.4. The highest BCUT2D eigenvalue weighted by atomic mass is 16.2. The maximum atomic E-state index is 12.4. The van der Waals surface area contributed by atoms with E-state index in [4.69, 9.17) is 0 Å². The number of piperidine rings is 1. The highest BCUT2D eigenvalue weighted by Crippen LogP contribution is 2.22. The molecule has 0 aliphatic carbocycles. The van der Waals surface area contributed by atoms with Gasteiger partial charge in [0.05, 0.1) is 6.04 Å². The van der Waals surface area contributed by atoms with Gasteiger partial charge in [0.25, 0.3) is 0 Å². The van der Waals surface area contributed by atoms with Crippen LogP contribution in [0.5, 0.6) is 0 Å². The topological polar surface area (TPSA) is 49.4 Å². The smallest absolute Gasteiger partial charge is 0.223 e. The molecular formula is C18H26N2O2. The molecule has 22 heavy (non-hydrogen) atoms. The monoisotopic (exact) mass is 302 g/mol. The van der Waals surface area contributed by atoms with Crippen LogP contribution in [0.2, 0.25) is 0 Å². The Morgan fingerprint density at radius 1 is 1.23 bits per heavy atom. The van der Waals surface area contributed by atoms with E-state index in [0.717, 1.165) is 12.8 Å². The second-order valence-electron chi connectivity index (χ2n) is 6.37. The lowest BCUT2D eigenvalue weighted by molar-refractivity contribution is -0.134. The normalized spacial score (nSPS) is 17.2. The molecule has 1 atom stereocenters. The second kappa shape index (κ2) is 6.95. The van der Waals surface area contributed by atoms with Gasteiger partial charge in [-0.25, -0.2) is 0 Å². The molecule has 1 aromatic carbocycles. The summed E-state index contributed by atoms with van der Waals surface area (Å²) in [5.74, 6) is 0.224. The summed E-state index contributed by atoms with van der Waals surface area (Å²) >= 11 is 0. The molecule has 1 aliphatic rings. The van der Waals surface area contributed by atoms with Gasteiger partial charge in [0, 0.05) is 25.9 Å². The van der Waals surface area contributed by atoms with Gasteiger partial charge in [-0.1, -0.05) is 23.8 Å². The molecule has 1 N–H and O–H groups in total. The SMILES string of the molecule is CC(=O)N1CCC(C(=O)N[C@H](C)c2cc(C)ccc2C)CC1. The molecule has 4 nitrogen and oxygen atoms in total. The number of rotatable bonds is 3. The molecule has 0 unspecified atom stereocenters. The molecule has 0 radical (unpaired) electrons. The summed E-state index contributed by atoms with van der Waals surface area (Å²) in [6.45, 7) is 9.13. The Morgan fingerprint density at radius 2 is 1.86 bits per heavy atom. The third kappa shape index (κ3) is 3.87. The summed E-state index contributed by atoms with van der Waals surface area (Å²) in [4.78, 5) is 25.6. The van der Waals surface area contributed by atoms with Gasteiger partial charge in [0.2, 0.25) is 11.8 Å². The minimum atomic E-state index is 0.0123. The Kier molecular flexibility index (Phi) is 5.22. The minimum Gasteiger partial charge on any atom is -0.349 e. The van der Waals surface area contributed by atoms with E-state index >= 15 is 0 Å². The number of carbonyl (C=O) groups is 2. The van der Waals surface area contributed by atoms with E-state index < -0.39 is 0 Å². The van der Waals surface area contributed by atoms with Crippen LogP contribution in [0.4, 0.5) is 0 Å². The molecule has 1 saturated heterocycles. The van der Waals surface area contributed by atoms with Crippen molar-refractivity contribution in [3.8, 4) is 0 Å². The maximum absolute atomic E-state index is 12.4. The maximum Gasteiger partial charge on any atom is 0.223 e. The summed E-state index contributed by atoms with van der Waals surface area (Å²) in [6.07, 6.45) is 1.51. The van der Waals surface area contributed by atoms with E-state index in [2.05, 4.69) is 37.4 Å². The molecule has 1 heterocycles. The van der Waals surface area contributed by atoms with Crippen molar-refractivity contribution >= 4 is 11.8 Å². The number of likely N-dealkylation sites (tertiary alicyclic amines) is 1. The van der Waals surface area contributed by atoms with Crippen molar-refractivity contribution in [3.63, 3.8) is 0 Å². The molecular weight excluding hydrogens is 276 g/mol. The Bertz CT molecular complexity index is 560. The van der Waals surface area contributed by atoms with Crippen LogP contribution in [0.15, 0.2) is 18.2 Å². The van der Waals surface area contributed by atoms with Crippen molar-refractivity contribution in [3.05, 3.63) is 34.9 Å². The van der Waals surface area contributed by atoms with Crippen molar-refractivity contribution < 1.29 is 9.59 Å². The molecule has 0 bridgehead atoms. The van der Waals surface area contributed by atoms with Gasteiger partial charge in [-0.15, -0.1) is 0 Å². The van der Waals surface area contributed by atoms with Gasteiger partial charge in [-0.05, 0) is 44.7 Å². The summed E-state index contributed by atoms with van der Waals surface area (Å²) < 4.78 is 0. The fourth-order valence-corrected chi connectivity index (χ4v) is 3.09. The molecule has 2 amide bonds. The Balaban J connectivity index is 1.94. The second-order valence-corrected chi connectivity index (χ2v) is 6.37. The van der Waals surface area contributed by atoms with E-state index in [1.807, 2.05) is 11.8 Å². The number of aryl methyl sites for hydroxylation is 2. The van der Waals surface area contributed by atoms with Crippen LogP contribution < -0.4 is 5.32 Å². The van der Waals surface area contributed by atoms with Crippen LogP contribution in [-0.4, -0.2) is 29.8 Å². The Labute approximate surface area is 132 Å². The lowest BCUT2D eigenvalue weighted by Crippen LogP contribution is -2.42. The Morgan fingerprint density at radius 3 is 2.45 bits per heavy atom. The largest absolute Gasteiger partial charge is 0.349 e. The van der Waals surface area contributed by atoms with Crippen molar-refractivity contribution in [2.45, 2.75) is 46.6 Å². The highest BCUT2D eigenvalue weighted by Gasteiger charge is 2.27. The van der Waals surface area contributed by atoms with E-state index in [0.29, 0.717) is 13.1 Å². The summed E-state index contributed by atoms with van der Waals surface area (Å²) in [7, 11) is 0. The fraction of sp³-hybridized carbons (Fsp3) is 0.556. The van der Waals surface area contributed by atoms with Gasteiger partial charge < -0.3 is 10.2 Å². The number of nitrogens with one attached hydrogen (secondary N) is 1. The molecule has 2 rings (SSSR count). The lowest BCUT2D eigenvalue weighted by atomic mass is 9.94. The van der Waals surface area contributed by atoms with Crippen LogP contribution in [0.25, 0.3) is 0 Å². The first-order valence-corrected chi connectivity index (χ1v) is 8.01. The predicted octanol–water partition coefficient (Wildman–Crippen LogP) is 2.74. The summed E-state index contributed by atoms with van der Waals surface area (Å²) in [5.41, 5.74) is 3.58. The van der Waals surface area contributed by atoms with E-state index in [1.165, 1.54) is 16.7 Å². The van der Waals surface area contributed by atoms with Crippen LogP contribution in [0, 0.1) is 19.8 Å². The van der Waals surface area contributed by atoms with Gasteiger partial charge in [-0.3, -0.25) is 9.59 Å². The number of amides is 2. The molecule has 0 spiro atoms. The predicted molar refractivity (Wildman–Crippen MR) is 87.5 cm³/mol. The molecule has 120 valence electrons. The molecule has 4 heteroatoms. The first kappa shape index (κ1) is 16.5. The number of benzene rings is 1. The summed E-state index contributed by atoms with van der Waals surface area (Å²) in [5, 5.41) is 3.14. The zero-order valence-corrected chi connectivity index (χ0v) is 14.0. The van der Waals surface area contributed by atoms with E-state index in [-0.39, 0.29) is 23.8 Å². The van der Waals surface area contributed by atoms with Crippen molar-refractivity contribution in [1.29, 1.82) is 0 Å². The van der Waals surface area contributed by atoms with Crippen LogP contribution in [0.1, 0.15) is 49.4 Å². The van der Waals surface area contributed by atoms with Crippen molar-refractivity contribution in [1.82, 2.24) is 10.2 Å². The first-order valence-electron chi connectivity index (χ1n) is 8.01. The number of hydrogen-bond donors (Lipinski definition) is 1. The summed E-state index contributed by atoms with van der Waals surface area (Å²) in [6, 6.07) is 6.33. The van der Waals surface area contributed by atoms with Crippen molar-refractivity contribution in [2.24, 2.45) is 5.92 Å². The van der Waals surface area contributed by atoms with Gasteiger partial charge >= 0.3 is 0 Å². The molecule has 0 saturated carbocycles. The lowest BCUT2D eigenvalue weighted by Gasteiger charge is -2.31. The zero-order valence-electron chi connectivity index (χ0n) is 14.0. The quantitative estimate of drug-likeness (QED) is 0.933. The number of nitrogens with zero attached hydrogens (tertiary/aromatic N) is 1. The van der Waals surface area contributed by atoms with Gasteiger partial charge in [-0.2, -0.15) is 0 Å². The van der Waals surface area contributed by atoms with Crippen molar-refractivity contribution in [2.75, 3.05) is 13.1 Å². The fourth-order valence-electron chi connectivity index (χ4n) is 3.09. The molecule has 1 aromatic rings. The number of hydrogen-bond acceptors (Lipinski definition) is 2. The standard InChI is InChI=1S/C18H26N2O2/c1-12-5-6-13(2)17(11-12)14(3)19-18(22)16-7-9-20(10-8-16)15(4)21/h5-6,11,14,16H,7-10H2,1-4H3,(H,19,22)/t14-/m1/s1. The minimum absolute atomic E-state index is 0.0123. The van der Waals surface area contributed by atoms with Crippen LogP contribution in [0.3, 0.4) is 0 Å². The average Bonchev–Trinajstić information content (AvgIpc) is 2.49. The van der Waals surface area contributed by atoms with Gasteiger partial charge in [0.1, 0.15) is 0 Å². The van der Waals surface area contributed by atoms with E-state index in [1.54, 1.807) is 6.92 Å². The average molecular weight is 302 g/mol. The number of carbonyl (C=O) groups excluding carboxylic acids is 2. The molecule has 0 aromatic heterocycles. The van der Waals surface area contributed by atoms with Crippen LogP contribution in [-0.2, 0) is 9.59 Å². The highest BCUT2D eigenvalue weighted by molar-refractivity contribution is 5.80. The third-order valence-electron chi connectivity index (χ3n) is 4.57. The zero-order chi connectivity index (χ0) is 16.3. The molecule has 1 aliphatic heterocycles.